The summed E-state index contributed by atoms with van der Waals surface area (Å²) in [5.41, 5.74) is 3.22. The molecule has 1 aromatic heterocycles. The van der Waals surface area contributed by atoms with Crippen LogP contribution in [0.15, 0.2) is 97.3 Å². The minimum absolute atomic E-state index is 0.0610. The summed E-state index contributed by atoms with van der Waals surface area (Å²) >= 11 is 0. The number of rotatable bonds is 6. The highest BCUT2D eigenvalue weighted by atomic mass is 16.5. The maximum absolute atomic E-state index is 12.8. The van der Waals surface area contributed by atoms with E-state index >= 15 is 0 Å². The third-order valence-corrected chi connectivity index (χ3v) is 5.57. The van der Waals surface area contributed by atoms with Gasteiger partial charge in [0, 0.05) is 23.0 Å². The van der Waals surface area contributed by atoms with Crippen molar-refractivity contribution in [3.8, 4) is 22.8 Å². The van der Waals surface area contributed by atoms with Crippen molar-refractivity contribution in [1.29, 1.82) is 0 Å². The topological polar surface area (TPSA) is 96.4 Å². The lowest BCUT2D eigenvalue weighted by molar-refractivity contribution is 0.102. The van der Waals surface area contributed by atoms with Crippen molar-refractivity contribution in [2.24, 2.45) is 0 Å². The zero-order chi connectivity index (χ0) is 24.2. The number of carbonyl (C=O) groups is 1. The van der Waals surface area contributed by atoms with Crippen LogP contribution in [0.3, 0.4) is 0 Å². The molecule has 0 saturated carbocycles. The molecule has 1 amide bonds. The van der Waals surface area contributed by atoms with Gasteiger partial charge in [0.25, 0.3) is 5.91 Å². The van der Waals surface area contributed by atoms with E-state index in [0.717, 1.165) is 33.5 Å². The molecule has 35 heavy (non-hydrogen) atoms. The van der Waals surface area contributed by atoms with E-state index in [4.69, 9.17) is 4.74 Å². The molecule has 0 unspecified atom stereocenters. The lowest BCUT2D eigenvalue weighted by atomic mass is 10.1. The lowest BCUT2D eigenvalue weighted by Gasteiger charge is -2.11. The smallest absolute Gasteiger partial charge is 0.259 e. The first-order valence-electron chi connectivity index (χ1n) is 11.0. The molecule has 0 saturated heterocycles. The van der Waals surface area contributed by atoms with Gasteiger partial charge >= 0.3 is 0 Å². The first kappa shape index (κ1) is 21.9. The summed E-state index contributed by atoms with van der Waals surface area (Å²) in [4.78, 5) is 21.4. The first-order valence-corrected chi connectivity index (χ1v) is 11.0. The molecule has 0 aliphatic heterocycles. The van der Waals surface area contributed by atoms with Crippen LogP contribution in [-0.4, -0.2) is 28.1 Å². The Labute approximate surface area is 202 Å². The van der Waals surface area contributed by atoms with Crippen molar-refractivity contribution in [3.63, 3.8) is 0 Å². The number of phenolic OH excluding ortho intramolecular Hbond substituents is 1. The van der Waals surface area contributed by atoms with Crippen LogP contribution in [0.4, 0.5) is 17.2 Å². The summed E-state index contributed by atoms with van der Waals surface area (Å²) in [6.45, 7) is 0. The Hall–Kier alpha value is -4.91. The van der Waals surface area contributed by atoms with Crippen molar-refractivity contribution in [3.05, 3.63) is 103 Å². The normalized spacial score (nSPS) is 10.7. The molecule has 0 radical (unpaired) electrons. The number of amides is 1. The highest BCUT2D eigenvalue weighted by Gasteiger charge is 2.13. The van der Waals surface area contributed by atoms with E-state index in [-0.39, 0.29) is 17.2 Å². The predicted molar refractivity (Wildman–Crippen MR) is 137 cm³/mol. The van der Waals surface area contributed by atoms with Crippen molar-refractivity contribution >= 4 is 33.9 Å². The van der Waals surface area contributed by atoms with Crippen LogP contribution < -0.4 is 15.4 Å². The molecule has 5 aromatic rings. The largest absolute Gasteiger partial charge is 0.507 e. The Morgan fingerprint density at radius 1 is 0.829 bits per heavy atom. The van der Waals surface area contributed by atoms with Crippen LogP contribution in [0, 0.1) is 0 Å². The Balaban J connectivity index is 1.30. The quantitative estimate of drug-likeness (QED) is 0.286. The van der Waals surface area contributed by atoms with Crippen molar-refractivity contribution in [1.82, 2.24) is 9.97 Å². The second-order valence-corrected chi connectivity index (χ2v) is 7.86. The number of aromatic nitrogens is 2. The van der Waals surface area contributed by atoms with Gasteiger partial charge in [-0.15, -0.1) is 0 Å². The predicted octanol–water partition coefficient (Wildman–Crippen LogP) is 6.01. The fourth-order valence-electron chi connectivity index (χ4n) is 3.82. The number of nitrogens with one attached hydrogen (secondary N) is 2. The summed E-state index contributed by atoms with van der Waals surface area (Å²) < 4.78 is 5.43. The summed E-state index contributed by atoms with van der Waals surface area (Å²) in [6.07, 6.45) is 1.49. The molecule has 4 aromatic carbocycles. The number of para-hydroxylation sites is 1. The number of aromatic hydroxyl groups is 1. The highest BCUT2D eigenvalue weighted by molar-refractivity contribution is 6.08. The molecule has 5 rings (SSSR count). The second kappa shape index (κ2) is 9.52. The fraction of sp³-hybridized carbons (Fsp3) is 0.0357. The minimum Gasteiger partial charge on any atom is -0.507 e. The number of phenols is 1. The lowest BCUT2D eigenvalue weighted by Crippen LogP contribution is -2.12. The number of anilines is 3. The fourth-order valence-corrected chi connectivity index (χ4v) is 3.82. The van der Waals surface area contributed by atoms with E-state index in [0.29, 0.717) is 11.5 Å². The molecule has 3 N–H and O–H groups in total. The van der Waals surface area contributed by atoms with E-state index in [1.807, 2.05) is 66.7 Å². The number of hydrogen-bond donors (Lipinski definition) is 3. The summed E-state index contributed by atoms with van der Waals surface area (Å²) in [7, 11) is 1.63. The van der Waals surface area contributed by atoms with Gasteiger partial charge in [-0.05, 0) is 59.3 Å². The van der Waals surface area contributed by atoms with Gasteiger partial charge in [0.05, 0.1) is 18.4 Å². The Morgan fingerprint density at radius 2 is 1.51 bits per heavy atom. The highest BCUT2D eigenvalue weighted by Crippen LogP contribution is 2.30. The van der Waals surface area contributed by atoms with Gasteiger partial charge in [-0.2, -0.15) is 0 Å². The van der Waals surface area contributed by atoms with Gasteiger partial charge in [0.15, 0.2) is 0 Å². The van der Waals surface area contributed by atoms with Gasteiger partial charge in [-0.1, -0.05) is 36.4 Å². The van der Waals surface area contributed by atoms with Crippen LogP contribution in [0.5, 0.6) is 11.5 Å². The van der Waals surface area contributed by atoms with Gasteiger partial charge in [0.2, 0.25) is 0 Å². The SMILES string of the molecule is COc1ccccc1-c1cc(Nc2ccc(NC(=O)c3cc4ccccc4cc3O)cc2)ncn1. The average Bonchev–Trinajstić information content (AvgIpc) is 2.89. The van der Waals surface area contributed by atoms with Gasteiger partial charge < -0.3 is 20.5 Å². The van der Waals surface area contributed by atoms with E-state index in [1.165, 1.54) is 6.33 Å². The Morgan fingerprint density at radius 3 is 2.29 bits per heavy atom. The number of nitrogens with zero attached hydrogens (tertiary/aromatic N) is 2. The Kier molecular flexibility index (Phi) is 5.96. The second-order valence-electron chi connectivity index (χ2n) is 7.86. The van der Waals surface area contributed by atoms with Crippen LogP contribution in [-0.2, 0) is 0 Å². The number of ether oxygens (including phenoxy) is 1. The van der Waals surface area contributed by atoms with E-state index < -0.39 is 0 Å². The standard InChI is InChI=1S/C28H22N4O3/c1-35-26-9-5-4-8-22(26)24-16-27(30-17-29-24)31-20-10-12-21(13-11-20)32-28(34)23-14-18-6-2-3-7-19(18)15-25(23)33/h2-17,33H,1H3,(H,32,34)(H,29,30,31). The molecule has 1 heterocycles. The molecule has 0 fully saturated rings. The molecule has 0 bridgehead atoms. The zero-order valence-corrected chi connectivity index (χ0v) is 18.9. The molecule has 0 spiro atoms. The third kappa shape index (κ3) is 4.74. The molecule has 0 aliphatic carbocycles. The molecule has 7 nitrogen and oxygen atoms in total. The van der Waals surface area contributed by atoms with Crippen LogP contribution >= 0.6 is 0 Å². The van der Waals surface area contributed by atoms with E-state index in [9.17, 15) is 9.90 Å². The maximum Gasteiger partial charge on any atom is 0.259 e. The zero-order valence-electron chi connectivity index (χ0n) is 18.9. The number of methoxy groups -OCH3 is 1. The molecular formula is C28H22N4O3. The van der Waals surface area contributed by atoms with Gasteiger partial charge in [-0.3, -0.25) is 4.79 Å². The maximum atomic E-state index is 12.8. The molecular weight excluding hydrogens is 440 g/mol. The van der Waals surface area contributed by atoms with Crippen molar-refractivity contribution < 1.29 is 14.6 Å². The van der Waals surface area contributed by atoms with E-state index in [2.05, 4.69) is 20.6 Å². The minimum atomic E-state index is -0.383. The van der Waals surface area contributed by atoms with Gasteiger partial charge in [-0.25, -0.2) is 9.97 Å². The molecule has 172 valence electrons. The van der Waals surface area contributed by atoms with Crippen LogP contribution in [0.25, 0.3) is 22.0 Å². The molecule has 0 atom stereocenters. The summed E-state index contributed by atoms with van der Waals surface area (Å²) in [6, 6.07) is 27.6. The van der Waals surface area contributed by atoms with E-state index in [1.54, 1.807) is 31.4 Å². The van der Waals surface area contributed by atoms with Crippen LogP contribution in [0.1, 0.15) is 10.4 Å². The number of benzene rings is 4. The molecule has 7 heteroatoms. The van der Waals surface area contributed by atoms with Crippen molar-refractivity contribution in [2.45, 2.75) is 0 Å². The Bertz CT molecular complexity index is 1520. The number of hydrogen-bond acceptors (Lipinski definition) is 6. The number of fused-ring (bicyclic) bond motifs is 1. The number of carbonyl (C=O) groups excluding carboxylic acids is 1. The van der Waals surface area contributed by atoms with Crippen LogP contribution in [0.2, 0.25) is 0 Å². The summed E-state index contributed by atoms with van der Waals surface area (Å²) in [5, 5.41) is 18.1. The molecule has 0 aliphatic rings. The summed E-state index contributed by atoms with van der Waals surface area (Å²) in [5.74, 6) is 0.911. The third-order valence-electron chi connectivity index (χ3n) is 5.57. The van der Waals surface area contributed by atoms with Crippen molar-refractivity contribution in [2.75, 3.05) is 17.7 Å². The van der Waals surface area contributed by atoms with Gasteiger partial charge in [0.1, 0.15) is 23.6 Å². The average molecular weight is 463 g/mol. The monoisotopic (exact) mass is 462 g/mol. The first-order chi connectivity index (χ1) is 17.1.